The Morgan fingerprint density at radius 2 is 0.814 bits per heavy atom. The quantitative estimate of drug-likeness (QED) is 0.169. The number of benzene rings is 9. The van der Waals surface area contributed by atoms with Crippen LogP contribution in [-0.4, -0.2) is 9.97 Å². The minimum atomic E-state index is -0.121. The maximum absolute atomic E-state index is 5.32. The molecule has 2 heteroatoms. The summed E-state index contributed by atoms with van der Waals surface area (Å²) in [5.74, 6) is 0.700. The second-order valence-electron chi connectivity index (χ2n) is 16.2. The Bertz CT molecular complexity index is 3220. The van der Waals surface area contributed by atoms with E-state index in [1.165, 1.54) is 60.7 Å². The number of nitrogens with zero attached hydrogens (tertiary/aromatic N) is 2. The highest BCUT2D eigenvalue weighted by Crippen LogP contribution is 2.51. The topological polar surface area (TPSA) is 25.8 Å². The third-order valence-corrected chi connectivity index (χ3v) is 12.3. The van der Waals surface area contributed by atoms with Crippen molar-refractivity contribution in [2.45, 2.75) is 19.3 Å². The highest BCUT2D eigenvalue weighted by atomic mass is 14.9. The van der Waals surface area contributed by atoms with E-state index in [0.29, 0.717) is 5.82 Å². The van der Waals surface area contributed by atoms with Crippen molar-refractivity contribution in [1.29, 1.82) is 0 Å². The van der Waals surface area contributed by atoms with E-state index in [9.17, 15) is 0 Å². The fraction of sp³-hybridized carbons (Fsp3) is 0.0526. The van der Waals surface area contributed by atoms with Crippen LogP contribution in [0.4, 0.5) is 0 Å². The van der Waals surface area contributed by atoms with Gasteiger partial charge in [0, 0.05) is 22.1 Å². The van der Waals surface area contributed by atoms with Gasteiger partial charge in [-0.1, -0.05) is 190 Å². The van der Waals surface area contributed by atoms with Gasteiger partial charge >= 0.3 is 0 Å². The summed E-state index contributed by atoms with van der Waals surface area (Å²) in [6, 6.07) is 74.3. The summed E-state index contributed by atoms with van der Waals surface area (Å²) in [6.07, 6.45) is 0. The lowest BCUT2D eigenvalue weighted by Gasteiger charge is -2.22. The average Bonchev–Trinajstić information content (AvgIpc) is 3.52. The Hall–Kier alpha value is -7.42. The highest BCUT2D eigenvalue weighted by molar-refractivity contribution is 6.05. The molecule has 0 saturated heterocycles. The molecule has 1 aliphatic rings. The average molecular weight is 753 g/mol. The van der Waals surface area contributed by atoms with Crippen LogP contribution in [0.2, 0.25) is 0 Å². The first-order valence-corrected chi connectivity index (χ1v) is 20.4. The molecule has 0 fully saturated rings. The van der Waals surface area contributed by atoms with Gasteiger partial charge in [-0.2, -0.15) is 0 Å². The second-order valence-corrected chi connectivity index (χ2v) is 16.2. The number of hydrogen-bond donors (Lipinski definition) is 0. The van der Waals surface area contributed by atoms with Crippen molar-refractivity contribution >= 4 is 21.5 Å². The fourth-order valence-electron chi connectivity index (χ4n) is 9.24. The summed E-state index contributed by atoms with van der Waals surface area (Å²) >= 11 is 0. The van der Waals surface area contributed by atoms with Crippen molar-refractivity contribution in [1.82, 2.24) is 9.97 Å². The number of rotatable bonds is 6. The van der Waals surface area contributed by atoms with E-state index in [1.54, 1.807) is 0 Å². The van der Waals surface area contributed by atoms with Crippen LogP contribution in [0.5, 0.6) is 0 Å². The third kappa shape index (κ3) is 5.96. The van der Waals surface area contributed by atoms with Crippen molar-refractivity contribution < 1.29 is 0 Å². The molecule has 59 heavy (non-hydrogen) atoms. The molecular weight excluding hydrogens is 713 g/mol. The van der Waals surface area contributed by atoms with Gasteiger partial charge in [0.2, 0.25) is 0 Å². The van der Waals surface area contributed by atoms with Crippen LogP contribution >= 0.6 is 0 Å². The fourth-order valence-corrected chi connectivity index (χ4v) is 9.24. The zero-order valence-electron chi connectivity index (χ0n) is 33.0. The summed E-state index contributed by atoms with van der Waals surface area (Å²) < 4.78 is 0. The predicted octanol–water partition coefficient (Wildman–Crippen LogP) is 15.1. The van der Waals surface area contributed by atoms with E-state index in [4.69, 9.17) is 9.97 Å². The lowest BCUT2D eigenvalue weighted by Crippen LogP contribution is -2.15. The van der Waals surface area contributed by atoms with E-state index < -0.39 is 0 Å². The minimum absolute atomic E-state index is 0.121. The molecule has 9 aromatic carbocycles. The predicted molar refractivity (Wildman–Crippen MR) is 247 cm³/mol. The van der Waals surface area contributed by atoms with Gasteiger partial charge in [-0.15, -0.1) is 0 Å². The van der Waals surface area contributed by atoms with Crippen molar-refractivity contribution in [2.24, 2.45) is 0 Å². The lowest BCUT2D eigenvalue weighted by atomic mass is 9.81. The molecule has 278 valence electrons. The van der Waals surface area contributed by atoms with Gasteiger partial charge in [-0.3, -0.25) is 0 Å². The second kappa shape index (κ2) is 13.9. The van der Waals surface area contributed by atoms with Crippen LogP contribution in [0, 0.1) is 0 Å². The molecule has 1 heterocycles. The van der Waals surface area contributed by atoms with E-state index in [0.717, 1.165) is 44.6 Å². The molecule has 2 nitrogen and oxygen atoms in total. The Balaban J connectivity index is 1.07. The molecule has 0 amide bonds. The molecular formula is C57H40N2. The zero-order chi connectivity index (χ0) is 39.5. The molecule has 0 saturated carbocycles. The smallest absolute Gasteiger partial charge is 0.160 e. The van der Waals surface area contributed by atoms with Crippen LogP contribution in [0.25, 0.3) is 100.0 Å². The van der Waals surface area contributed by atoms with Crippen LogP contribution < -0.4 is 0 Å². The maximum Gasteiger partial charge on any atom is 0.160 e. The van der Waals surface area contributed by atoms with Crippen LogP contribution in [-0.2, 0) is 5.41 Å². The van der Waals surface area contributed by atoms with E-state index in [2.05, 4.69) is 214 Å². The third-order valence-electron chi connectivity index (χ3n) is 12.3. The van der Waals surface area contributed by atoms with Gasteiger partial charge < -0.3 is 0 Å². The van der Waals surface area contributed by atoms with Crippen molar-refractivity contribution in [3.8, 4) is 78.4 Å². The van der Waals surface area contributed by atoms with Crippen LogP contribution in [0.3, 0.4) is 0 Å². The summed E-state index contributed by atoms with van der Waals surface area (Å²) in [7, 11) is 0. The summed E-state index contributed by atoms with van der Waals surface area (Å²) in [6.45, 7) is 4.74. The molecule has 0 unspecified atom stereocenters. The normalized spacial score (nSPS) is 12.7. The molecule has 0 aliphatic heterocycles. The van der Waals surface area contributed by atoms with Gasteiger partial charge in [0.25, 0.3) is 0 Å². The first-order chi connectivity index (χ1) is 29.0. The highest BCUT2D eigenvalue weighted by Gasteiger charge is 2.36. The summed E-state index contributed by atoms with van der Waals surface area (Å²) in [4.78, 5) is 10.6. The molecule has 0 N–H and O–H groups in total. The van der Waals surface area contributed by atoms with Gasteiger partial charge in [-0.25, -0.2) is 9.97 Å². The van der Waals surface area contributed by atoms with Gasteiger partial charge in [0.05, 0.1) is 11.4 Å². The van der Waals surface area contributed by atoms with Gasteiger partial charge in [0.1, 0.15) is 0 Å². The maximum atomic E-state index is 5.32. The molecule has 0 spiro atoms. The zero-order valence-corrected chi connectivity index (χ0v) is 33.0. The molecule has 1 aliphatic carbocycles. The van der Waals surface area contributed by atoms with Crippen LogP contribution in [0.1, 0.15) is 25.0 Å². The first kappa shape index (κ1) is 34.8. The standard InChI is InChI=1S/C57H40N2/c1-57(2)52-35-43(27-28-47(52)51-33-40-22-12-13-23-41(40)34-53(51)57)44-30-31-48(46-25-15-14-24-45(44)46)54-36-55(59-56(58-54)39-20-10-5-11-21-39)49-29-26-42(37-16-6-3-7-17-37)32-50(49)38-18-8-4-9-19-38/h3-36H,1-2H3. The molecule has 11 rings (SSSR count). The summed E-state index contributed by atoms with van der Waals surface area (Å²) in [5.41, 5.74) is 17.3. The Morgan fingerprint density at radius 3 is 1.53 bits per heavy atom. The number of aromatic nitrogens is 2. The molecule has 0 radical (unpaired) electrons. The van der Waals surface area contributed by atoms with E-state index in [1.807, 2.05) is 6.07 Å². The SMILES string of the molecule is CC1(C)c2cc(-c3ccc(-c4cc(-c5ccc(-c6ccccc6)cc5-c5ccccc5)nc(-c5ccccc5)n4)c4ccccc34)ccc2-c2cc3ccccc3cc21. The molecule has 1 aromatic heterocycles. The van der Waals surface area contributed by atoms with Gasteiger partial charge in [-0.05, 0) is 108 Å². The first-order valence-electron chi connectivity index (χ1n) is 20.4. The molecule has 0 bridgehead atoms. The summed E-state index contributed by atoms with van der Waals surface area (Å²) in [5, 5.41) is 4.93. The molecule has 10 aromatic rings. The van der Waals surface area contributed by atoms with Gasteiger partial charge in [0.15, 0.2) is 5.82 Å². The molecule has 0 atom stereocenters. The number of fused-ring (bicyclic) bond motifs is 5. The van der Waals surface area contributed by atoms with Crippen LogP contribution in [0.15, 0.2) is 206 Å². The van der Waals surface area contributed by atoms with E-state index >= 15 is 0 Å². The van der Waals surface area contributed by atoms with Crippen molar-refractivity contribution in [2.75, 3.05) is 0 Å². The number of hydrogen-bond acceptors (Lipinski definition) is 2. The lowest BCUT2D eigenvalue weighted by molar-refractivity contribution is 0.661. The van der Waals surface area contributed by atoms with E-state index in [-0.39, 0.29) is 5.41 Å². The van der Waals surface area contributed by atoms with Crippen molar-refractivity contribution in [3.05, 3.63) is 217 Å². The van der Waals surface area contributed by atoms with Crippen molar-refractivity contribution in [3.63, 3.8) is 0 Å². The Morgan fingerprint density at radius 1 is 0.305 bits per heavy atom. The minimum Gasteiger partial charge on any atom is -0.228 e. The monoisotopic (exact) mass is 752 g/mol. The Kier molecular flexibility index (Phi) is 8.20. The largest absolute Gasteiger partial charge is 0.228 e. The Labute approximate surface area is 345 Å².